The lowest BCUT2D eigenvalue weighted by atomic mass is 10.1. The van der Waals surface area contributed by atoms with E-state index in [4.69, 9.17) is 0 Å². The van der Waals surface area contributed by atoms with Crippen molar-refractivity contribution in [2.75, 3.05) is 5.32 Å². The van der Waals surface area contributed by atoms with E-state index in [2.05, 4.69) is 27.3 Å². The topological polar surface area (TPSA) is 55.6 Å². The van der Waals surface area contributed by atoms with Crippen LogP contribution in [0.5, 0.6) is 0 Å². The van der Waals surface area contributed by atoms with E-state index in [0.29, 0.717) is 0 Å². The molecule has 1 aliphatic heterocycles. The third kappa shape index (κ3) is 2.72. The van der Waals surface area contributed by atoms with Crippen molar-refractivity contribution in [2.45, 2.75) is 45.7 Å². The second-order valence-electron chi connectivity index (χ2n) is 6.33. The number of aryl methyl sites for hydroxylation is 3. The van der Waals surface area contributed by atoms with Gasteiger partial charge in [0, 0.05) is 35.7 Å². The van der Waals surface area contributed by atoms with Gasteiger partial charge in [0.2, 0.25) is 0 Å². The molecule has 1 aromatic carbocycles. The highest BCUT2D eigenvalue weighted by atomic mass is 19.1. The molecule has 0 fully saturated rings. The van der Waals surface area contributed by atoms with Crippen LogP contribution in [0.25, 0.3) is 10.9 Å². The molecule has 0 radical (unpaired) electrons. The molecule has 1 atom stereocenters. The maximum Gasteiger partial charge on any atom is 0.150 e. The van der Waals surface area contributed by atoms with Gasteiger partial charge in [-0.1, -0.05) is 6.92 Å². The van der Waals surface area contributed by atoms with Crippen LogP contribution in [0.15, 0.2) is 24.3 Å². The molecule has 0 amide bonds. The van der Waals surface area contributed by atoms with Crippen LogP contribution in [0.4, 0.5) is 10.1 Å². The molecule has 4 rings (SSSR count). The second-order valence-corrected chi connectivity index (χ2v) is 6.33. The monoisotopic (exact) mass is 325 g/mol. The minimum Gasteiger partial charge on any atom is -0.380 e. The van der Waals surface area contributed by atoms with Crippen LogP contribution < -0.4 is 5.32 Å². The van der Waals surface area contributed by atoms with Crippen LogP contribution in [-0.4, -0.2) is 25.8 Å². The number of benzene rings is 1. The Labute approximate surface area is 139 Å². The summed E-state index contributed by atoms with van der Waals surface area (Å²) < 4.78 is 15.7. The van der Waals surface area contributed by atoms with E-state index in [0.717, 1.165) is 59.7 Å². The minimum absolute atomic E-state index is 0.244. The van der Waals surface area contributed by atoms with Gasteiger partial charge in [-0.25, -0.2) is 14.1 Å². The summed E-state index contributed by atoms with van der Waals surface area (Å²) in [4.78, 5) is 9.04. The first-order valence-electron chi connectivity index (χ1n) is 8.38. The van der Waals surface area contributed by atoms with Gasteiger partial charge in [0.25, 0.3) is 0 Å². The molecule has 0 saturated heterocycles. The Morgan fingerprint density at radius 3 is 3.00 bits per heavy atom. The van der Waals surface area contributed by atoms with Crippen LogP contribution >= 0.6 is 0 Å². The molecule has 0 aliphatic carbocycles. The number of anilines is 1. The van der Waals surface area contributed by atoms with E-state index in [1.807, 2.05) is 17.7 Å². The molecule has 3 aromatic rings. The van der Waals surface area contributed by atoms with E-state index in [-0.39, 0.29) is 11.9 Å². The number of rotatable bonds is 3. The fourth-order valence-electron chi connectivity index (χ4n) is 3.30. The molecule has 3 heterocycles. The first-order valence-corrected chi connectivity index (χ1v) is 8.38. The number of nitrogens with zero attached hydrogens (tertiary/aromatic N) is 4. The fourth-order valence-corrected chi connectivity index (χ4v) is 3.30. The van der Waals surface area contributed by atoms with Gasteiger partial charge in [-0.15, -0.1) is 0 Å². The van der Waals surface area contributed by atoms with Crippen molar-refractivity contribution in [1.29, 1.82) is 0 Å². The predicted octanol–water partition coefficient (Wildman–Crippen LogP) is 3.26. The molecule has 1 aliphatic rings. The molecule has 1 unspecified atom stereocenters. The zero-order chi connectivity index (χ0) is 16.7. The molecule has 6 heteroatoms. The van der Waals surface area contributed by atoms with Crippen LogP contribution in [0, 0.1) is 12.7 Å². The van der Waals surface area contributed by atoms with Gasteiger partial charge in [-0.05, 0) is 37.6 Å². The average molecular weight is 325 g/mol. The summed E-state index contributed by atoms with van der Waals surface area (Å²) in [5, 5.41) is 8.93. The third-order valence-electron chi connectivity index (χ3n) is 4.48. The third-order valence-corrected chi connectivity index (χ3v) is 4.48. The van der Waals surface area contributed by atoms with E-state index in [1.54, 1.807) is 12.1 Å². The highest BCUT2D eigenvalue weighted by molar-refractivity contribution is 5.91. The molecule has 5 nitrogen and oxygen atoms in total. The van der Waals surface area contributed by atoms with E-state index in [9.17, 15) is 4.39 Å². The number of aromatic nitrogens is 4. The van der Waals surface area contributed by atoms with Gasteiger partial charge in [-0.3, -0.25) is 4.98 Å². The summed E-state index contributed by atoms with van der Waals surface area (Å²) in [5.74, 6) is 1.72. The van der Waals surface area contributed by atoms with Crippen molar-refractivity contribution < 1.29 is 4.39 Å². The van der Waals surface area contributed by atoms with Gasteiger partial charge in [0.05, 0.1) is 12.1 Å². The van der Waals surface area contributed by atoms with Crippen molar-refractivity contribution in [1.82, 2.24) is 19.7 Å². The van der Waals surface area contributed by atoms with E-state index >= 15 is 0 Å². The Kier molecular flexibility index (Phi) is 3.67. The van der Waals surface area contributed by atoms with Crippen LogP contribution in [0.2, 0.25) is 0 Å². The molecule has 0 bridgehead atoms. The van der Waals surface area contributed by atoms with Crippen molar-refractivity contribution in [3.8, 4) is 0 Å². The van der Waals surface area contributed by atoms with E-state index < -0.39 is 0 Å². The number of nitrogens with one attached hydrogen (secondary N) is 1. The maximum atomic E-state index is 13.7. The van der Waals surface area contributed by atoms with Gasteiger partial charge >= 0.3 is 0 Å². The summed E-state index contributed by atoms with van der Waals surface area (Å²) in [7, 11) is 0. The predicted molar refractivity (Wildman–Crippen MR) is 91.6 cm³/mol. The first-order chi connectivity index (χ1) is 11.6. The summed E-state index contributed by atoms with van der Waals surface area (Å²) in [6, 6.07) is 6.95. The molecule has 1 N–H and O–H groups in total. The van der Waals surface area contributed by atoms with E-state index in [1.165, 1.54) is 6.07 Å². The minimum atomic E-state index is -0.244. The number of fused-ring (bicyclic) bond motifs is 2. The standard InChI is InChI=1S/C18H20FN5/c1-3-17-22-18-7-5-13(10-24(18)23-17)21-16-8-11(2)20-15-6-4-12(19)9-14(15)16/h4,6,8-9,13H,3,5,7,10H2,1-2H3,(H,20,21). The van der Waals surface area contributed by atoms with Gasteiger partial charge in [0.1, 0.15) is 11.6 Å². The summed E-state index contributed by atoms with van der Waals surface area (Å²) >= 11 is 0. The Hall–Kier alpha value is -2.50. The van der Waals surface area contributed by atoms with Crippen molar-refractivity contribution >= 4 is 16.6 Å². The van der Waals surface area contributed by atoms with Gasteiger partial charge in [-0.2, -0.15) is 5.10 Å². The Morgan fingerprint density at radius 2 is 2.17 bits per heavy atom. The SMILES string of the molecule is CCc1nc2n(n1)CC(Nc1cc(C)nc3ccc(F)cc13)CC2. The van der Waals surface area contributed by atoms with Gasteiger partial charge in [0.15, 0.2) is 5.82 Å². The molecule has 24 heavy (non-hydrogen) atoms. The smallest absolute Gasteiger partial charge is 0.150 e. The maximum absolute atomic E-state index is 13.7. The zero-order valence-corrected chi connectivity index (χ0v) is 13.9. The molecule has 0 spiro atoms. The molecular formula is C18H20FN5. The number of hydrogen-bond donors (Lipinski definition) is 1. The molecular weight excluding hydrogens is 305 g/mol. The lowest BCUT2D eigenvalue weighted by molar-refractivity contribution is 0.440. The van der Waals surface area contributed by atoms with Crippen LogP contribution in [0.1, 0.15) is 30.7 Å². The van der Waals surface area contributed by atoms with Crippen molar-refractivity contribution in [2.24, 2.45) is 0 Å². The highest BCUT2D eigenvalue weighted by Crippen LogP contribution is 2.26. The number of hydrogen-bond acceptors (Lipinski definition) is 4. The fraction of sp³-hybridized carbons (Fsp3) is 0.389. The first kappa shape index (κ1) is 15.1. The van der Waals surface area contributed by atoms with Crippen molar-refractivity contribution in [3.05, 3.63) is 47.4 Å². The lowest BCUT2D eigenvalue weighted by Gasteiger charge is -2.25. The Balaban J connectivity index is 1.64. The largest absolute Gasteiger partial charge is 0.380 e. The normalized spacial score (nSPS) is 17.0. The van der Waals surface area contributed by atoms with Gasteiger partial charge < -0.3 is 5.32 Å². The molecule has 0 saturated carbocycles. The Bertz CT molecular complexity index is 902. The number of halogens is 1. The summed E-state index contributed by atoms with van der Waals surface area (Å²) in [6.07, 6.45) is 2.74. The van der Waals surface area contributed by atoms with Crippen molar-refractivity contribution in [3.63, 3.8) is 0 Å². The summed E-state index contributed by atoms with van der Waals surface area (Å²) in [5.41, 5.74) is 2.66. The Morgan fingerprint density at radius 1 is 1.29 bits per heavy atom. The highest BCUT2D eigenvalue weighted by Gasteiger charge is 2.22. The molecule has 124 valence electrons. The van der Waals surface area contributed by atoms with Crippen LogP contribution in [0.3, 0.4) is 0 Å². The quantitative estimate of drug-likeness (QED) is 0.803. The summed E-state index contributed by atoms with van der Waals surface area (Å²) in [6.45, 7) is 4.80. The zero-order valence-electron chi connectivity index (χ0n) is 13.9. The average Bonchev–Trinajstić information content (AvgIpc) is 2.98. The molecule has 2 aromatic heterocycles. The van der Waals surface area contributed by atoms with Crippen LogP contribution in [-0.2, 0) is 19.4 Å². The second kappa shape index (κ2) is 5.85. The number of pyridine rings is 1. The lowest BCUT2D eigenvalue weighted by Crippen LogP contribution is -2.32.